The highest BCUT2D eigenvalue weighted by molar-refractivity contribution is 5.95. The van der Waals surface area contributed by atoms with Gasteiger partial charge in [0, 0.05) is 19.5 Å². The van der Waals surface area contributed by atoms with Crippen LogP contribution in [-0.4, -0.2) is 34.9 Å². The molecule has 3 N–H and O–H groups in total. The monoisotopic (exact) mass is 253 g/mol. The Balaban J connectivity index is 2.76. The van der Waals surface area contributed by atoms with Crippen molar-refractivity contribution in [2.45, 2.75) is 27.2 Å². The highest BCUT2D eigenvalue weighted by atomic mass is 16.4. The van der Waals surface area contributed by atoms with Crippen molar-refractivity contribution in [3.05, 3.63) is 23.2 Å². The van der Waals surface area contributed by atoms with Gasteiger partial charge in [0.1, 0.15) is 17.4 Å². The normalized spacial score (nSPS) is 11.6. The number of amides is 1. The van der Waals surface area contributed by atoms with Crippen LogP contribution in [0.2, 0.25) is 0 Å². The number of furan rings is 1. The van der Waals surface area contributed by atoms with Crippen LogP contribution in [0.15, 0.2) is 15.6 Å². The van der Waals surface area contributed by atoms with Crippen LogP contribution < -0.4 is 5.73 Å². The standard InChI is InChI=1S/C12H19N3O3/c1-4-15(6-5-11(13)14-17)12(16)10-7-8(2)18-9(10)3/h7,17H,4-6H2,1-3H3,(H2,13,14). The molecule has 6 heteroatoms. The number of aryl methyl sites for hydroxylation is 2. The molecule has 1 aromatic heterocycles. The molecule has 6 nitrogen and oxygen atoms in total. The van der Waals surface area contributed by atoms with E-state index in [1.165, 1.54) is 0 Å². The SMILES string of the molecule is CCN(CCC(N)=NO)C(=O)c1cc(C)oc1C. The van der Waals surface area contributed by atoms with Crippen molar-refractivity contribution in [3.8, 4) is 0 Å². The number of amidine groups is 1. The summed E-state index contributed by atoms with van der Waals surface area (Å²) in [5.41, 5.74) is 5.96. The molecule has 1 heterocycles. The zero-order valence-corrected chi connectivity index (χ0v) is 10.9. The minimum absolute atomic E-state index is 0.0995. The van der Waals surface area contributed by atoms with Crippen molar-refractivity contribution in [2.24, 2.45) is 10.9 Å². The second kappa shape index (κ2) is 6.09. The Morgan fingerprint density at radius 1 is 1.56 bits per heavy atom. The topological polar surface area (TPSA) is 92.1 Å². The van der Waals surface area contributed by atoms with Crippen LogP contribution in [0.4, 0.5) is 0 Å². The van der Waals surface area contributed by atoms with Crippen LogP contribution in [0, 0.1) is 13.8 Å². The Bertz CT molecular complexity index is 451. The number of rotatable bonds is 5. The maximum Gasteiger partial charge on any atom is 0.257 e. The summed E-state index contributed by atoms with van der Waals surface area (Å²) in [6.45, 7) is 6.41. The first-order valence-corrected chi connectivity index (χ1v) is 5.82. The fraction of sp³-hybridized carbons (Fsp3) is 0.500. The average molecular weight is 253 g/mol. The van der Waals surface area contributed by atoms with Crippen molar-refractivity contribution >= 4 is 11.7 Å². The van der Waals surface area contributed by atoms with Gasteiger partial charge in [0.25, 0.3) is 5.91 Å². The first-order chi connectivity index (χ1) is 8.49. The lowest BCUT2D eigenvalue weighted by atomic mass is 10.2. The Labute approximate surface area is 106 Å². The lowest BCUT2D eigenvalue weighted by Crippen LogP contribution is -2.34. The molecule has 0 saturated carbocycles. The number of carbonyl (C=O) groups is 1. The number of nitrogens with zero attached hydrogens (tertiary/aromatic N) is 2. The summed E-state index contributed by atoms with van der Waals surface area (Å²) in [4.78, 5) is 13.9. The van der Waals surface area contributed by atoms with Crippen molar-refractivity contribution in [2.75, 3.05) is 13.1 Å². The first-order valence-electron chi connectivity index (χ1n) is 5.82. The summed E-state index contributed by atoms with van der Waals surface area (Å²) in [6, 6.07) is 1.73. The highest BCUT2D eigenvalue weighted by Gasteiger charge is 2.19. The molecule has 0 aromatic carbocycles. The number of nitrogens with two attached hydrogens (primary N) is 1. The van der Waals surface area contributed by atoms with E-state index in [1.54, 1.807) is 24.8 Å². The molecule has 0 aliphatic rings. The summed E-state index contributed by atoms with van der Waals surface area (Å²) < 4.78 is 5.34. The van der Waals surface area contributed by atoms with Gasteiger partial charge >= 0.3 is 0 Å². The molecule has 0 radical (unpaired) electrons. The molecule has 0 aliphatic carbocycles. The van der Waals surface area contributed by atoms with Crippen LogP contribution in [0.3, 0.4) is 0 Å². The van der Waals surface area contributed by atoms with Crippen LogP contribution in [0.1, 0.15) is 35.2 Å². The summed E-state index contributed by atoms with van der Waals surface area (Å²) in [5, 5.41) is 11.4. The molecule has 100 valence electrons. The summed E-state index contributed by atoms with van der Waals surface area (Å²) in [5.74, 6) is 1.34. The highest BCUT2D eigenvalue weighted by Crippen LogP contribution is 2.16. The van der Waals surface area contributed by atoms with Crippen molar-refractivity contribution in [3.63, 3.8) is 0 Å². The van der Waals surface area contributed by atoms with Crippen molar-refractivity contribution in [1.29, 1.82) is 0 Å². The van der Waals surface area contributed by atoms with Gasteiger partial charge in [-0.25, -0.2) is 0 Å². The summed E-state index contributed by atoms with van der Waals surface area (Å²) in [6.07, 6.45) is 0.339. The summed E-state index contributed by atoms with van der Waals surface area (Å²) >= 11 is 0. The molecule has 0 spiro atoms. The molecule has 1 aromatic rings. The van der Waals surface area contributed by atoms with Gasteiger partial charge in [-0.05, 0) is 26.8 Å². The maximum absolute atomic E-state index is 12.2. The van der Waals surface area contributed by atoms with Gasteiger partial charge in [0.2, 0.25) is 0 Å². The average Bonchev–Trinajstić information content (AvgIpc) is 2.68. The van der Waals surface area contributed by atoms with Gasteiger partial charge in [-0.15, -0.1) is 0 Å². The van der Waals surface area contributed by atoms with E-state index in [0.29, 0.717) is 36.6 Å². The molecular weight excluding hydrogens is 234 g/mol. The van der Waals surface area contributed by atoms with E-state index in [9.17, 15) is 4.79 Å². The maximum atomic E-state index is 12.2. The molecule has 0 saturated heterocycles. The molecule has 0 atom stereocenters. The molecule has 0 aliphatic heterocycles. The quantitative estimate of drug-likeness (QED) is 0.360. The lowest BCUT2D eigenvalue weighted by Gasteiger charge is -2.20. The molecule has 0 unspecified atom stereocenters. The van der Waals surface area contributed by atoms with Crippen LogP contribution >= 0.6 is 0 Å². The second-order valence-electron chi connectivity index (χ2n) is 4.05. The van der Waals surface area contributed by atoms with Gasteiger partial charge in [-0.1, -0.05) is 5.16 Å². The van der Waals surface area contributed by atoms with Gasteiger partial charge in [-0.3, -0.25) is 4.79 Å². The van der Waals surface area contributed by atoms with Crippen LogP contribution in [0.25, 0.3) is 0 Å². The van der Waals surface area contributed by atoms with Crippen LogP contribution in [0.5, 0.6) is 0 Å². The number of hydrogen-bond acceptors (Lipinski definition) is 4. The van der Waals surface area contributed by atoms with E-state index >= 15 is 0 Å². The minimum atomic E-state index is -0.0995. The first kappa shape index (κ1) is 14.1. The van der Waals surface area contributed by atoms with E-state index in [4.69, 9.17) is 15.4 Å². The largest absolute Gasteiger partial charge is 0.466 e. The molecular formula is C12H19N3O3. The van der Waals surface area contributed by atoms with Crippen molar-refractivity contribution < 1.29 is 14.4 Å². The number of oxime groups is 1. The Morgan fingerprint density at radius 3 is 2.67 bits per heavy atom. The van der Waals surface area contributed by atoms with Gasteiger partial charge < -0.3 is 20.3 Å². The van der Waals surface area contributed by atoms with Gasteiger partial charge in [0.05, 0.1) is 5.56 Å². The fourth-order valence-electron chi connectivity index (χ4n) is 1.72. The third-order valence-corrected chi connectivity index (χ3v) is 2.71. The van der Waals surface area contributed by atoms with E-state index in [0.717, 1.165) is 0 Å². The Kier molecular flexibility index (Phi) is 4.76. The second-order valence-corrected chi connectivity index (χ2v) is 4.05. The van der Waals surface area contributed by atoms with E-state index in [1.807, 2.05) is 6.92 Å². The molecule has 0 fully saturated rings. The molecule has 0 bridgehead atoms. The number of hydrogen-bond donors (Lipinski definition) is 2. The predicted octanol–water partition coefficient (Wildman–Crippen LogP) is 1.50. The smallest absolute Gasteiger partial charge is 0.257 e. The third kappa shape index (κ3) is 3.26. The molecule has 1 amide bonds. The fourth-order valence-corrected chi connectivity index (χ4v) is 1.72. The minimum Gasteiger partial charge on any atom is -0.466 e. The van der Waals surface area contributed by atoms with Crippen LogP contribution in [-0.2, 0) is 0 Å². The van der Waals surface area contributed by atoms with E-state index < -0.39 is 0 Å². The Morgan fingerprint density at radius 2 is 2.22 bits per heavy atom. The van der Waals surface area contributed by atoms with E-state index in [-0.39, 0.29) is 11.7 Å². The van der Waals surface area contributed by atoms with Crippen molar-refractivity contribution in [1.82, 2.24) is 4.90 Å². The lowest BCUT2D eigenvalue weighted by molar-refractivity contribution is 0.0766. The van der Waals surface area contributed by atoms with E-state index in [2.05, 4.69) is 5.16 Å². The summed E-state index contributed by atoms with van der Waals surface area (Å²) in [7, 11) is 0. The molecule has 1 rings (SSSR count). The zero-order valence-electron chi connectivity index (χ0n) is 10.9. The predicted molar refractivity (Wildman–Crippen MR) is 67.8 cm³/mol. The molecule has 18 heavy (non-hydrogen) atoms. The Hall–Kier alpha value is -1.98. The zero-order chi connectivity index (χ0) is 13.7. The third-order valence-electron chi connectivity index (χ3n) is 2.71. The number of carbonyl (C=O) groups excluding carboxylic acids is 1. The van der Waals surface area contributed by atoms with Gasteiger partial charge in [-0.2, -0.15) is 0 Å². The van der Waals surface area contributed by atoms with Gasteiger partial charge in [0.15, 0.2) is 0 Å².